The van der Waals surface area contributed by atoms with Crippen molar-refractivity contribution in [2.24, 2.45) is 5.41 Å². The molecule has 8 nitrogen and oxygen atoms in total. The Labute approximate surface area is 190 Å². The molecule has 0 bridgehead atoms. The number of halogens is 1. The van der Waals surface area contributed by atoms with Gasteiger partial charge in [-0.3, -0.25) is 9.59 Å². The first kappa shape index (κ1) is 23.6. The van der Waals surface area contributed by atoms with Crippen LogP contribution in [-0.2, 0) is 14.6 Å². The number of sulfone groups is 1. The van der Waals surface area contributed by atoms with Gasteiger partial charge in [0.2, 0.25) is 5.91 Å². The molecule has 0 fully saturated rings. The van der Waals surface area contributed by atoms with Gasteiger partial charge >= 0.3 is 0 Å². The highest BCUT2D eigenvalue weighted by atomic mass is 35.5. The first-order valence-electron chi connectivity index (χ1n) is 9.82. The lowest BCUT2D eigenvalue weighted by Crippen LogP contribution is -2.28. The number of nitrogens with one attached hydrogen (secondary N) is 3. The number of aromatic nitrogens is 1. The van der Waals surface area contributed by atoms with E-state index in [-0.39, 0.29) is 27.7 Å². The number of hydrogen-bond donors (Lipinski definition) is 4. The van der Waals surface area contributed by atoms with Crippen molar-refractivity contribution in [2.75, 3.05) is 16.4 Å². The number of amides is 2. The van der Waals surface area contributed by atoms with E-state index >= 15 is 0 Å². The van der Waals surface area contributed by atoms with Crippen molar-refractivity contribution >= 4 is 55.5 Å². The van der Waals surface area contributed by atoms with Gasteiger partial charge in [-0.15, -0.1) is 0 Å². The maximum absolute atomic E-state index is 12.8. The maximum Gasteiger partial charge on any atom is 0.272 e. The van der Waals surface area contributed by atoms with Crippen LogP contribution in [0.3, 0.4) is 0 Å². The van der Waals surface area contributed by atoms with Crippen molar-refractivity contribution in [3.8, 4) is 5.75 Å². The van der Waals surface area contributed by atoms with Crippen LogP contribution in [0.25, 0.3) is 10.9 Å². The SMILES string of the molecule is CCS(=O)(=O)c1cc(NC(=O)c2cc3cc(Cl)ccc3[nH]2)c(O)c(NC(=O)C(C)(C)C)c1. The fourth-order valence-corrected chi connectivity index (χ4v) is 3.98. The lowest BCUT2D eigenvalue weighted by molar-refractivity contribution is -0.123. The molecule has 0 aliphatic rings. The Hall–Kier alpha value is -3.04. The van der Waals surface area contributed by atoms with E-state index in [1.807, 2.05) is 0 Å². The molecule has 32 heavy (non-hydrogen) atoms. The average Bonchev–Trinajstić information content (AvgIpc) is 3.13. The summed E-state index contributed by atoms with van der Waals surface area (Å²) in [6.07, 6.45) is 0. The van der Waals surface area contributed by atoms with Gasteiger partial charge in [0, 0.05) is 21.3 Å². The number of fused-ring (bicyclic) bond motifs is 1. The fraction of sp³-hybridized carbons (Fsp3) is 0.273. The summed E-state index contributed by atoms with van der Waals surface area (Å²) in [7, 11) is -3.69. The van der Waals surface area contributed by atoms with E-state index in [1.165, 1.54) is 19.1 Å². The summed E-state index contributed by atoms with van der Waals surface area (Å²) in [6.45, 7) is 6.51. The van der Waals surface area contributed by atoms with Crippen LogP contribution in [0.5, 0.6) is 5.75 Å². The molecule has 10 heteroatoms. The summed E-state index contributed by atoms with van der Waals surface area (Å²) >= 11 is 5.98. The molecule has 0 spiro atoms. The van der Waals surface area contributed by atoms with Crippen LogP contribution in [0.2, 0.25) is 5.02 Å². The Morgan fingerprint density at radius 2 is 1.69 bits per heavy atom. The average molecular weight is 478 g/mol. The van der Waals surface area contributed by atoms with Gasteiger partial charge in [0.1, 0.15) is 5.69 Å². The quantitative estimate of drug-likeness (QED) is 0.400. The van der Waals surface area contributed by atoms with Gasteiger partial charge in [-0.1, -0.05) is 39.3 Å². The van der Waals surface area contributed by atoms with Crippen LogP contribution in [-0.4, -0.2) is 36.1 Å². The Morgan fingerprint density at radius 1 is 1.06 bits per heavy atom. The van der Waals surface area contributed by atoms with E-state index in [9.17, 15) is 23.1 Å². The zero-order chi connectivity index (χ0) is 23.8. The number of anilines is 2. The molecule has 3 rings (SSSR count). The van der Waals surface area contributed by atoms with Crippen LogP contribution in [0, 0.1) is 5.41 Å². The minimum Gasteiger partial charge on any atom is -0.504 e. The summed E-state index contributed by atoms with van der Waals surface area (Å²) in [5, 5.41) is 17.0. The van der Waals surface area contributed by atoms with Gasteiger partial charge in [0.05, 0.1) is 22.0 Å². The Balaban J connectivity index is 2.03. The largest absolute Gasteiger partial charge is 0.504 e. The van der Waals surface area contributed by atoms with Gasteiger partial charge < -0.3 is 20.7 Å². The molecule has 0 aliphatic heterocycles. The van der Waals surface area contributed by atoms with Crippen LogP contribution >= 0.6 is 11.6 Å². The molecule has 0 saturated carbocycles. The molecule has 0 unspecified atom stereocenters. The van der Waals surface area contributed by atoms with E-state index in [4.69, 9.17) is 11.6 Å². The van der Waals surface area contributed by atoms with Crippen molar-refractivity contribution in [3.63, 3.8) is 0 Å². The monoisotopic (exact) mass is 477 g/mol. The molecule has 4 N–H and O–H groups in total. The molecule has 3 aromatic rings. The lowest BCUT2D eigenvalue weighted by Gasteiger charge is -2.20. The highest BCUT2D eigenvalue weighted by Gasteiger charge is 2.25. The van der Waals surface area contributed by atoms with E-state index in [2.05, 4.69) is 15.6 Å². The number of carbonyl (C=O) groups is 2. The molecule has 0 atom stereocenters. The molecule has 1 aromatic heterocycles. The third kappa shape index (κ3) is 4.89. The van der Waals surface area contributed by atoms with Crippen molar-refractivity contribution in [2.45, 2.75) is 32.6 Å². The zero-order valence-corrected chi connectivity index (χ0v) is 19.6. The van der Waals surface area contributed by atoms with Crippen LogP contribution in [0.1, 0.15) is 38.2 Å². The predicted octanol–water partition coefficient (Wildman–Crippen LogP) is 4.56. The van der Waals surface area contributed by atoms with Gasteiger partial charge in [-0.05, 0) is 36.4 Å². The van der Waals surface area contributed by atoms with E-state index in [1.54, 1.807) is 45.0 Å². The van der Waals surface area contributed by atoms with Gasteiger partial charge in [-0.25, -0.2) is 8.42 Å². The van der Waals surface area contributed by atoms with E-state index in [0.717, 1.165) is 0 Å². The molecular formula is C22H24ClN3O5S. The number of phenols is 1. The van der Waals surface area contributed by atoms with Crippen molar-refractivity contribution < 1.29 is 23.1 Å². The van der Waals surface area contributed by atoms with Gasteiger partial charge in [-0.2, -0.15) is 0 Å². The van der Waals surface area contributed by atoms with Gasteiger partial charge in [0.25, 0.3) is 5.91 Å². The van der Waals surface area contributed by atoms with Crippen molar-refractivity contribution in [3.05, 3.63) is 47.1 Å². The summed E-state index contributed by atoms with van der Waals surface area (Å²) in [4.78, 5) is 28.1. The zero-order valence-electron chi connectivity index (χ0n) is 18.0. The summed E-state index contributed by atoms with van der Waals surface area (Å²) < 4.78 is 25.0. The van der Waals surface area contributed by atoms with E-state index in [0.29, 0.717) is 15.9 Å². The summed E-state index contributed by atoms with van der Waals surface area (Å²) in [5.41, 5.74) is -0.181. The minimum atomic E-state index is -3.69. The molecule has 170 valence electrons. The number of phenolic OH excluding ortho intramolecular Hbond substituents is 1. The van der Waals surface area contributed by atoms with Crippen LogP contribution < -0.4 is 10.6 Å². The second kappa shape index (κ2) is 8.48. The molecule has 2 aromatic carbocycles. The number of carbonyl (C=O) groups excluding carboxylic acids is 2. The second-order valence-corrected chi connectivity index (χ2v) is 11.1. The lowest BCUT2D eigenvalue weighted by atomic mass is 9.95. The molecule has 2 amide bonds. The minimum absolute atomic E-state index is 0.113. The normalized spacial score (nSPS) is 12.0. The van der Waals surface area contributed by atoms with Crippen molar-refractivity contribution in [1.82, 2.24) is 4.98 Å². The highest BCUT2D eigenvalue weighted by Crippen LogP contribution is 2.37. The third-order valence-electron chi connectivity index (χ3n) is 4.83. The number of hydrogen-bond acceptors (Lipinski definition) is 5. The van der Waals surface area contributed by atoms with E-state index < -0.39 is 32.8 Å². The second-order valence-electron chi connectivity index (χ2n) is 8.34. The molecule has 0 aliphatic carbocycles. The van der Waals surface area contributed by atoms with Crippen LogP contribution in [0.4, 0.5) is 11.4 Å². The summed E-state index contributed by atoms with van der Waals surface area (Å²) in [6, 6.07) is 9.02. The number of H-pyrrole nitrogens is 1. The first-order valence-corrected chi connectivity index (χ1v) is 11.9. The maximum atomic E-state index is 12.8. The number of aromatic hydroxyl groups is 1. The third-order valence-corrected chi connectivity index (χ3v) is 6.78. The Bertz CT molecular complexity index is 1320. The smallest absolute Gasteiger partial charge is 0.272 e. The summed E-state index contributed by atoms with van der Waals surface area (Å²) in [5.74, 6) is -1.68. The number of benzene rings is 2. The molecule has 0 radical (unpaired) electrons. The Morgan fingerprint density at radius 3 is 2.28 bits per heavy atom. The van der Waals surface area contributed by atoms with Gasteiger partial charge in [0.15, 0.2) is 15.6 Å². The number of rotatable bonds is 5. The molecule has 0 saturated heterocycles. The molecular weight excluding hydrogens is 454 g/mol. The van der Waals surface area contributed by atoms with Crippen LogP contribution in [0.15, 0.2) is 41.3 Å². The topological polar surface area (TPSA) is 128 Å². The predicted molar refractivity (Wildman–Crippen MR) is 125 cm³/mol. The Kier molecular flexibility index (Phi) is 6.26. The first-order chi connectivity index (χ1) is 14.8. The number of aromatic amines is 1. The van der Waals surface area contributed by atoms with Crippen molar-refractivity contribution in [1.29, 1.82) is 0 Å². The fourth-order valence-electron chi connectivity index (χ4n) is 2.87. The molecule has 1 heterocycles. The highest BCUT2D eigenvalue weighted by molar-refractivity contribution is 7.91. The standard InChI is InChI=1S/C22H24ClN3O5S/c1-5-32(30,31)14-10-16(19(27)17(11-14)26-21(29)22(2,3)4)25-20(28)18-9-12-8-13(23)6-7-15(12)24-18/h6-11,24,27H,5H2,1-4H3,(H,25,28)(H,26,29).